The lowest BCUT2D eigenvalue weighted by Gasteiger charge is -2.18. The lowest BCUT2D eigenvalue weighted by Crippen LogP contribution is -2.28. The Bertz CT molecular complexity index is 894. The Balaban J connectivity index is 1.40. The Morgan fingerprint density at radius 3 is 2.79 bits per heavy atom. The van der Waals surface area contributed by atoms with Crippen LogP contribution in [0, 0.1) is 18.7 Å². The molecule has 1 saturated heterocycles. The van der Waals surface area contributed by atoms with Crippen molar-refractivity contribution in [3.63, 3.8) is 0 Å². The Hall–Kier alpha value is -2.35. The summed E-state index contributed by atoms with van der Waals surface area (Å²) in [6.07, 6.45) is 6.00. The number of aryl methyl sites for hydroxylation is 1. The third kappa shape index (κ3) is 3.92. The molecule has 1 aliphatic heterocycles. The van der Waals surface area contributed by atoms with Gasteiger partial charge in [-0.05, 0) is 37.5 Å². The van der Waals surface area contributed by atoms with E-state index in [-0.39, 0.29) is 30.5 Å². The molecule has 28 heavy (non-hydrogen) atoms. The number of amides is 2. The van der Waals surface area contributed by atoms with Gasteiger partial charge in [-0.2, -0.15) is 0 Å². The topological polar surface area (TPSA) is 75.2 Å². The van der Waals surface area contributed by atoms with Gasteiger partial charge in [0.1, 0.15) is 10.8 Å². The van der Waals surface area contributed by atoms with Gasteiger partial charge in [0, 0.05) is 18.9 Å². The van der Waals surface area contributed by atoms with Crippen LogP contribution >= 0.6 is 11.3 Å². The van der Waals surface area contributed by atoms with E-state index in [2.05, 4.69) is 15.5 Å². The highest BCUT2D eigenvalue weighted by atomic mass is 32.1. The molecule has 0 spiro atoms. The van der Waals surface area contributed by atoms with Crippen molar-refractivity contribution in [3.05, 3.63) is 34.6 Å². The first kappa shape index (κ1) is 19.0. The lowest BCUT2D eigenvalue weighted by atomic mass is 9.90. The van der Waals surface area contributed by atoms with Gasteiger partial charge in [-0.25, -0.2) is 4.39 Å². The molecule has 0 radical (unpaired) electrons. The van der Waals surface area contributed by atoms with Crippen LogP contribution < -0.4 is 10.2 Å². The predicted octanol–water partition coefficient (Wildman–Crippen LogP) is 4.02. The highest BCUT2D eigenvalue weighted by Gasteiger charge is 2.36. The zero-order valence-corrected chi connectivity index (χ0v) is 16.6. The summed E-state index contributed by atoms with van der Waals surface area (Å²) in [4.78, 5) is 26.3. The molecule has 1 N–H and O–H groups in total. The number of hydrogen-bond acceptors (Lipinski definition) is 5. The number of aromatic nitrogens is 2. The molecule has 2 aromatic rings. The molecule has 2 amide bonds. The summed E-state index contributed by atoms with van der Waals surface area (Å²) in [7, 11) is 0. The van der Waals surface area contributed by atoms with Crippen LogP contribution in [0.2, 0.25) is 0 Å². The molecule has 8 heteroatoms. The van der Waals surface area contributed by atoms with Crippen molar-refractivity contribution in [2.75, 3.05) is 16.8 Å². The zero-order valence-electron chi connectivity index (χ0n) is 15.8. The van der Waals surface area contributed by atoms with Crippen LogP contribution in [0.1, 0.15) is 55.0 Å². The van der Waals surface area contributed by atoms with Crippen LogP contribution in [-0.4, -0.2) is 28.6 Å². The van der Waals surface area contributed by atoms with Crippen LogP contribution in [-0.2, 0) is 9.59 Å². The van der Waals surface area contributed by atoms with Crippen molar-refractivity contribution >= 4 is 34.0 Å². The second kappa shape index (κ2) is 7.95. The fourth-order valence-electron chi connectivity index (χ4n) is 3.95. The summed E-state index contributed by atoms with van der Waals surface area (Å²) in [6, 6.07) is 4.74. The maximum Gasteiger partial charge on any atom is 0.231 e. The van der Waals surface area contributed by atoms with Gasteiger partial charge in [0.25, 0.3) is 0 Å². The third-order valence-corrected chi connectivity index (χ3v) is 6.52. The molecule has 2 aliphatic rings. The lowest BCUT2D eigenvalue weighted by molar-refractivity contribution is -0.122. The summed E-state index contributed by atoms with van der Waals surface area (Å²) in [5, 5.41) is 12.6. The second-order valence-electron chi connectivity index (χ2n) is 7.63. The van der Waals surface area contributed by atoms with E-state index >= 15 is 0 Å². The van der Waals surface area contributed by atoms with Gasteiger partial charge in [-0.3, -0.25) is 9.59 Å². The Labute approximate surface area is 167 Å². The third-order valence-electron chi connectivity index (χ3n) is 5.51. The van der Waals surface area contributed by atoms with Gasteiger partial charge < -0.3 is 10.2 Å². The molecule has 1 aromatic carbocycles. The number of halogens is 1. The Kier molecular flexibility index (Phi) is 5.39. The number of hydrogen-bond donors (Lipinski definition) is 1. The van der Waals surface area contributed by atoms with Gasteiger partial charge in [-0.1, -0.05) is 36.7 Å². The van der Waals surface area contributed by atoms with Crippen molar-refractivity contribution in [3.8, 4) is 0 Å². The molecular weight excluding hydrogens is 379 g/mol. The molecule has 0 bridgehead atoms. The van der Waals surface area contributed by atoms with Crippen LogP contribution in [0.5, 0.6) is 0 Å². The Morgan fingerprint density at radius 1 is 1.25 bits per heavy atom. The molecule has 1 atom stereocenters. The zero-order chi connectivity index (χ0) is 19.7. The summed E-state index contributed by atoms with van der Waals surface area (Å²) in [5.74, 6) is -1.06. The number of carbonyl (C=O) groups is 2. The fourth-order valence-corrected chi connectivity index (χ4v) is 4.87. The second-order valence-corrected chi connectivity index (χ2v) is 8.64. The summed E-state index contributed by atoms with van der Waals surface area (Å²) in [6.45, 7) is 1.96. The fraction of sp³-hybridized carbons (Fsp3) is 0.500. The van der Waals surface area contributed by atoms with Gasteiger partial charge in [0.15, 0.2) is 0 Å². The molecule has 6 nitrogen and oxygen atoms in total. The van der Waals surface area contributed by atoms with E-state index < -0.39 is 11.7 Å². The average molecular weight is 402 g/mol. The van der Waals surface area contributed by atoms with Crippen LogP contribution in [0.3, 0.4) is 0 Å². The molecule has 1 saturated carbocycles. The predicted molar refractivity (Wildman–Crippen MR) is 106 cm³/mol. The van der Waals surface area contributed by atoms with Crippen molar-refractivity contribution in [1.82, 2.24) is 10.2 Å². The molecule has 4 rings (SSSR count). The first-order valence-electron chi connectivity index (χ1n) is 9.72. The van der Waals surface area contributed by atoms with Crippen LogP contribution in [0.25, 0.3) is 0 Å². The van der Waals surface area contributed by atoms with E-state index in [1.165, 1.54) is 41.6 Å². The molecule has 2 heterocycles. The van der Waals surface area contributed by atoms with Gasteiger partial charge >= 0.3 is 0 Å². The molecule has 148 valence electrons. The van der Waals surface area contributed by atoms with Gasteiger partial charge in [0.2, 0.25) is 16.9 Å². The number of nitrogens with zero attached hydrogens (tertiary/aromatic N) is 3. The highest BCUT2D eigenvalue weighted by Crippen LogP contribution is 2.35. The monoisotopic (exact) mass is 402 g/mol. The highest BCUT2D eigenvalue weighted by molar-refractivity contribution is 7.15. The first-order valence-corrected chi connectivity index (χ1v) is 10.5. The van der Waals surface area contributed by atoms with E-state index in [1.807, 2.05) is 0 Å². The maximum atomic E-state index is 14.2. The average Bonchev–Trinajstić information content (AvgIpc) is 3.29. The minimum Gasteiger partial charge on any atom is -0.309 e. The summed E-state index contributed by atoms with van der Waals surface area (Å²) >= 11 is 1.42. The van der Waals surface area contributed by atoms with E-state index in [1.54, 1.807) is 19.1 Å². The minimum absolute atomic E-state index is 0.0629. The largest absolute Gasteiger partial charge is 0.309 e. The quantitative estimate of drug-likeness (QED) is 0.838. The number of anilines is 2. The molecule has 1 aromatic heterocycles. The van der Waals surface area contributed by atoms with Crippen molar-refractivity contribution in [1.29, 1.82) is 0 Å². The summed E-state index contributed by atoms with van der Waals surface area (Å²) in [5.41, 5.74) is 1.01. The van der Waals surface area contributed by atoms with Crippen LogP contribution in [0.15, 0.2) is 18.2 Å². The number of benzene rings is 1. The van der Waals surface area contributed by atoms with E-state index in [0.717, 1.165) is 23.4 Å². The standard InChI is InChI=1S/C20H23FN4O2S/c1-12-7-8-16(15(21)9-12)25-11-14(10-17(25)26)18(27)22-20-24-23-19(28-20)13-5-3-2-4-6-13/h7-9,13-14H,2-6,10-11H2,1H3,(H,22,24,27). The maximum absolute atomic E-state index is 14.2. The van der Waals surface area contributed by atoms with Crippen molar-refractivity contribution in [2.45, 2.75) is 51.4 Å². The smallest absolute Gasteiger partial charge is 0.231 e. The molecule has 1 aliphatic carbocycles. The minimum atomic E-state index is -0.532. The first-order chi connectivity index (χ1) is 13.5. The van der Waals surface area contributed by atoms with Crippen LogP contribution in [0.4, 0.5) is 15.2 Å². The van der Waals surface area contributed by atoms with Crippen molar-refractivity contribution in [2.24, 2.45) is 5.92 Å². The van der Waals surface area contributed by atoms with Gasteiger partial charge in [-0.15, -0.1) is 10.2 Å². The van der Waals surface area contributed by atoms with Gasteiger partial charge in [0.05, 0.1) is 11.6 Å². The SMILES string of the molecule is Cc1ccc(N2CC(C(=O)Nc3nnc(C4CCCCC4)s3)CC2=O)c(F)c1. The number of carbonyl (C=O) groups excluding carboxylic acids is 2. The number of rotatable bonds is 4. The van der Waals surface area contributed by atoms with E-state index in [9.17, 15) is 14.0 Å². The van der Waals surface area contributed by atoms with E-state index in [0.29, 0.717) is 11.0 Å². The summed E-state index contributed by atoms with van der Waals surface area (Å²) < 4.78 is 14.2. The normalized spacial score (nSPS) is 20.6. The molecular formula is C20H23FN4O2S. The van der Waals surface area contributed by atoms with Crippen molar-refractivity contribution < 1.29 is 14.0 Å². The van der Waals surface area contributed by atoms with E-state index in [4.69, 9.17) is 0 Å². The molecule has 2 fully saturated rings. The Morgan fingerprint density at radius 2 is 2.04 bits per heavy atom. The number of nitrogens with one attached hydrogen (secondary N) is 1. The molecule has 1 unspecified atom stereocenters.